The summed E-state index contributed by atoms with van der Waals surface area (Å²) in [5.74, 6) is 0. The van der Waals surface area contributed by atoms with Crippen LogP contribution < -0.4 is 4.72 Å². The third-order valence-corrected chi connectivity index (χ3v) is 5.67. The fourth-order valence-electron chi connectivity index (χ4n) is 2.33. The molecule has 0 fully saturated rings. The number of aromatic nitrogens is 1. The maximum Gasteiger partial charge on any atom is 0.416 e. The average Bonchev–Trinajstić information content (AvgIpc) is 3.01. The number of hydrogen-bond acceptors (Lipinski definition) is 4. The van der Waals surface area contributed by atoms with Gasteiger partial charge in [0.15, 0.2) is 0 Å². The van der Waals surface area contributed by atoms with Crippen LogP contribution in [0.3, 0.4) is 0 Å². The molecule has 0 atom stereocenters. The van der Waals surface area contributed by atoms with Crippen LogP contribution in [0.2, 0.25) is 0 Å². The van der Waals surface area contributed by atoms with Crippen LogP contribution in [-0.4, -0.2) is 13.4 Å². The zero-order chi connectivity index (χ0) is 18.9. The van der Waals surface area contributed by atoms with Crippen molar-refractivity contribution < 1.29 is 21.6 Å². The van der Waals surface area contributed by atoms with Crippen molar-refractivity contribution in [2.24, 2.45) is 0 Å². The van der Waals surface area contributed by atoms with Crippen LogP contribution in [0.5, 0.6) is 0 Å². The van der Waals surface area contributed by atoms with E-state index in [1.54, 1.807) is 23.6 Å². The average molecular weight is 398 g/mol. The molecule has 1 heterocycles. The lowest BCUT2D eigenvalue weighted by molar-refractivity contribution is -0.137. The molecular formula is C17H13F3N2O2S2. The van der Waals surface area contributed by atoms with Gasteiger partial charge in [-0.1, -0.05) is 24.3 Å². The number of para-hydroxylation sites is 1. The standard InChI is InChI=1S/C17H13F3N2O2S2/c1-11-21-16(10-25-11)14-7-2-3-8-15(14)22-26(23,24)13-6-4-5-12(9-13)17(18,19)20/h2-10,22H,1H3. The van der Waals surface area contributed by atoms with E-state index in [1.165, 1.54) is 17.4 Å². The van der Waals surface area contributed by atoms with Crippen LogP contribution in [0, 0.1) is 6.92 Å². The number of benzene rings is 2. The molecule has 2 aromatic carbocycles. The molecule has 0 bridgehead atoms. The van der Waals surface area contributed by atoms with Crippen LogP contribution >= 0.6 is 11.3 Å². The minimum Gasteiger partial charge on any atom is -0.279 e. The second kappa shape index (κ2) is 6.73. The van der Waals surface area contributed by atoms with Crippen molar-refractivity contribution in [3.63, 3.8) is 0 Å². The van der Waals surface area contributed by atoms with E-state index in [-0.39, 0.29) is 5.69 Å². The fraction of sp³-hybridized carbons (Fsp3) is 0.118. The Labute approximate surface area is 152 Å². The van der Waals surface area contributed by atoms with E-state index < -0.39 is 26.7 Å². The monoisotopic (exact) mass is 398 g/mol. The fourth-order valence-corrected chi connectivity index (χ4v) is 4.06. The number of thiazole rings is 1. The molecule has 4 nitrogen and oxygen atoms in total. The van der Waals surface area contributed by atoms with Crippen molar-refractivity contribution in [2.45, 2.75) is 18.0 Å². The van der Waals surface area contributed by atoms with Gasteiger partial charge in [-0.2, -0.15) is 13.2 Å². The zero-order valence-electron chi connectivity index (χ0n) is 13.4. The highest BCUT2D eigenvalue weighted by Gasteiger charge is 2.31. The SMILES string of the molecule is Cc1nc(-c2ccccc2NS(=O)(=O)c2cccc(C(F)(F)F)c2)cs1. The smallest absolute Gasteiger partial charge is 0.279 e. The minimum absolute atomic E-state index is 0.246. The summed E-state index contributed by atoms with van der Waals surface area (Å²) in [6.07, 6.45) is -4.62. The molecule has 0 saturated heterocycles. The molecule has 0 aliphatic heterocycles. The Balaban J connectivity index is 1.99. The molecule has 0 radical (unpaired) electrons. The van der Waals surface area contributed by atoms with Crippen LogP contribution in [0.15, 0.2) is 58.8 Å². The van der Waals surface area contributed by atoms with Crippen molar-refractivity contribution in [1.29, 1.82) is 0 Å². The van der Waals surface area contributed by atoms with Gasteiger partial charge in [0.25, 0.3) is 10.0 Å². The Morgan fingerprint density at radius 2 is 1.81 bits per heavy atom. The highest BCUT2D eigenvalue weighted by molar-refractivity contribution is 7.92. The second-order valence-electron chi connectivity index (χ2n) is 5.43. The maximum atomic E-state index is 12.8. The van der Waals surface area contributed by atoms with Crippen LogP contribution in [0.4, 0.5) is 18.9 Å². The molecular weight excluding hydrogens is 385 g/mol. The number of rotatable bonds is 4. The summed E-state index contributed by atoms with van der Waals surface area (Å²) in [5.41, 5.74) is 0.362. The van der Waals surface area contributed by atoms with Gasteiger partial charge in [0.1, 0.15) is 0 Å². The minimum atomic E-state index is -4.62. The van der Waals surface area contributed by atoms with Crippen LogP contribution in [0.25, 0.3) is 11.3 Å². The van der Waals surface area contributed by atoms with Crippen LogP contribution in [-0.2, 0) is 16.2 Å². The number of nitrogens with one attached hydrogen (secondary N) is 1. The molecule has 1 aromatic heterocycles. The number of aryl methyl sites for hydroxylation is 1. The molecule has 0 aliphatic rings. The third-order valence-electron chi connectivity index (χ3n) is 3.54. The highest BCUT2D eigenvalue weighted by Crippen LogP contribution is 2.33. The predicted octanol–water partition coefficient (Wildman–Crippen LogP) is 4.94. The Kier molecular flexibility index (Phi) is 4.76. The molecule has 9 heteroatoms. The van der Waals surface area contributed by atoms with Crippen molar-refractivity contribution in [3.8, 4) is 11.3 Å². The number of anilines is 1. The topological polar surface area (TPSA) is 59.1 Å². The molecule has 0 unspecified atom stereocenters. The van der Waals surface area contributed by atoms with Crippen molar-refractivity contribution in [3.05, 3.63) is 64.5 Å². The molecule has 0 amide bonds. The van der Waals surface area contributed by atoms with Crippen molar-refractivity contribution in [2.75, 3.05) is 4.72 Å². The van der Waals surface area contributed by atoms with Gasteiger partial charge < -0.3 is 0 Å². The molecule has 0 spiro atoms. The van der Waals surface area contributed by atoms with Gasteiger partial charge in [-0.25, -0.2) is 13.4 Å². The number of hydrogen-bond donors (Lipinski definition) is 1. The zero-order valence-corrected chi connectivity index (χ0v) is 15.0. The highest BCUT2D eigenvalue weighted by atomic mass is 32.2. The first-order valence-electron chi connectivity index (χ1n) is 7.38. The number of nitrogens with zero attached hydrogens (tertiary/aromatic N) is 1. The number of alkyl halides is 3. The normalized spacial score (nSPS) is 12.2. The van der Waals surface area contributed by atoms with Gasteiger partial charge in [-0.3, -0.25) is 4.72 Å². The van der Waals surface area contributed by atoms with E-state index in [0.717, 1.165) is 23.2 Å². The summed E-state index contributed by atoms with van der Waals surface area (Å²) in [5, 5.41) is 2.60. The molecule has 136 valence electrons. The van der Waals surface area contributed by atoms with Crippen molar-refractivity contribution >= 4 is 27.0 Å². The third kappa shape index (κ3) is 3.88. The van der Waals surface area contributed by atoms with E-state index in [1.807, 2.05) is 6.92 Å². The summed E-state index contributed by atoms with van der Waals surface area (Å²) < 4.78 is 66.1. The van der Waals surface area contributed by atoms with Crippen molar-refractivity contribution in [1.82, 2.24) is 4.98 Å². The predicted molar refractivity (Wildman–Crippen MR) is 94.5 cm³/mol. The first-order chi connectivity index (χ1) is 12.2. The van der Waals surface area contributed by atoms with Gasteiger partial charge in [0.2, 0.25) is 0 Å². The van der Waals surface area contributed by atoms with Gasteiger partial charge >= 0.3 is 6.18 Å². The molecule has 3 rings (SSSR count). The summed E-state index contributed by atoms with van der Waals surface area (Å²) in [6.45, 7) is 1.82. The van der Waals surface area contributed by atoms with Gasteiger partial charge in [0.05, 0.1) is 26.8 Å². The Morgan fingerprint density at radius 3 is 2.46 bits per heavy atom. The Morgan fingerprint density at radius 1 is 1.08 bits per heavy atom. The maximum absolute atomic E-state index is 12.8. The van der Waals surface area contributed by atoms with Crippen LogP contribution in [0.1, 0.15) is 10.6 Å². The van der Waals surface area contributed by atoms with E-state index >= 15 is 0 Å². The van der Waals surface area contributed by atoms with E-state index in [9.17, 15) is 21.6 Å². The lowest BCUT2D eigenvalue weighted by Gasteiger charge is -2.13. The van der Waals surface area contributed by atoms with E-state index in [2.05, 4.69) is 9.71 Å². The Bertz CT molecular complexity index is 1040. The van der Waals surface area contributed by atoms with Gasteiger partial charge in [-0.15, -0.1) is 11.3 Å². The summed E-state index contributed by atoms with van der Waals surface area (Å²) in [4.78, 5) is 3.86. The molecule has 0 aliphatic carbocycles. The second-order valence-corrected chi connectivity index (χ2v) is 8.17. The summed E-state index contributed by atoms with van der Waals surface area (Å²) >= 11 is 1.41. The van der Waals surface area contributed by atoms with Gasteiger partial charge in [-0.05, 0) is 31.2 Å². The van der Waals surface area contributed by atoms with E-state index in [4.69, 9.17) is 0 Å². The largest absolute Gasteiger partial charge is 0.416 e. The van der Waals surface area contributed by atoms with Gasteiger partial charge in [0, 0.05) is 10.9 Å². The molecule has 1 N–H and O–H groups in total. The molecule has 0 saturated carbocycles. The first kappa shape index (κ1) is 18.4. The lowest BCUT2D eigenvalue weighted by atomic mass is 10.1. The Hall–Kier alpha value is -2.39. The summed E-state index contributed by atoms with van der Waals surface area (Å²) in [6, 6.07) is 10.2. The quantitative estimate of drug-likeness (QED) is 0.677. The number of sulfonamides is 1. The summed E-state index contributed by atoms with van der Waals surface area (Å²) in [7, 11) is -4.19. The molecule has 26 heavy (non-hydrogen) atoms. The lowest BCUT2D eigenvalue weighted by Crippen LogP contribution is -2.15. The van der Waals surface area contributed by atoms with E-state index in [0.29, 0.717) is 17.3 Å². The number of halogens is 3. The molecule has 3 aromatic rings. The first-order valence-corrected chi connectivity index (χ1v) is 9.75.